The van der Waals surface area contributed by atoms with Gasteiger partial charge in [0.05, 0.1) is 11.1 Å². The summed E-state index contributed by atoms with van der Waals surface area (Å²) in [7, 11) is 0. The van der Waals surface area contributed by atoms with E-state index in [0.29, 0.717) is 23.7 Å². The van der Waals surface area contributed by atoms with Crippen molar-refractivity contribution in [2.24, 2.45) is 16.7 Å². The number of carbonyl (C=O) groups excluding carboxylic acids is 3. The Labute approximate surface area is 172 Å². The zero-order chi connectivity index (χ0) is 21.0. The van der Waals surface area contributed by atoms with Gasteiger partial charge < -0.3 is 5.32 Å². The van der Waals surface area contributed by atoms with Crippen LogP contribution in [-0.4, -0.2) is 34.2 Å². The van der Waals surface area contributed by atoms with Gasteiger partial charge >= 0.3 is 0 Å². The highest BCUT2D eigenvalue weighted by Crippen LogP contribution is 2.59. The summed E-state index contributed by atoms with van der Waals surface area (Å²) < 4.78 is 13.1. The zero-order valence-corrected chi connectivity index (χ0v) is 17.3. The predicted molar refractivity (Wildman–Crippen MR) is 107 cm³/mol. The van der Waals surface area contributed by atoms with Crippen molar-refractivity contribution in [3.63, 3.8) is 0 Å². The number of amides is 3. The lowest BCUT2D eigenvalue weighted by atomic mass is 9.62. The first-order valence-electron chi connectivity index (χ1n) is 9.50. The average Bonchev–Trinajstić information content (AvgIpc) is 3.19. The van der Waals surface area contributed by atoms with E-state index in [0.717, 1.165) is 10.5 Å². The van der Waals surface area contributed by atoms with Crippen LogP contribution in [0.4, 0.5) is 9.52 Å². The van der Waals surface area contributed by atoms with Gasteiger partial charge in [-0.25, -0.2) is 9.37 Å². The number of benzene rings is 1. The van der Waals surface area contributed by atoms with Crippen molar-refractivity contribution in [3.05, 3.63) is 35.5 Å². The molecule has 1 aliphatic heterocycles. The van der Waals surface area contributed by atoms with Gasteiger partial charge in [0.15, 0.2) is 5.13 Å². The van der Waals surface area contributed by atoms with E-state index >= 15 is 0 Å². The van der Waals surface area contributed by atoms with Crippen LogP contribution in [0, 0.1) is 22.6 Å². The Balaban J connectivity index is 1.46. The number of thiazole rings is 1. The summed E-state index contributed by atoms with van der Waals surface area (Å²) >= 11 is 1.23. The molecular formula is C21H22FN3O3S. The topological polar surface area (TPSA) is 79.4 Å². The normalized spacial score (nSPS) is 25.4. The van der Waals surface area contributed by atoms with Gasteiger partial charge in [0.1, 0.15) is 12.4 Å². The quantitative estimate of drug-likeness (QED) is 0.773. The molecule has 0 radical (unpaired) electrons. The fourth-order valence-electron chi connectivity index (χ4n) is 4.44. The van der Waals surface area contributed by atoms with E-state index in [-0.39, 0.29) is 30.1 Å². The Hall–Kier alpha value is -2.61. The number of hydrogen-bond acceptors (Lipinski definition) is 5. The monoisotopic (exact) mass is 415 g/mol. The van der Waals surface area contributed by atoms with Gasteiger partial charge in [0.2, 0.25) is 17.7 Å². The second-order valence-electron chi connectivity index (χ2n) is 8.47. The molecule has 152 valence electrons. The molecule has 1 aliphatic carbocycles. The van der Waals surface area contributed by atoms with E-state index in [1.807, 2.05) is 20.8 Å². The number of hydrogen-bond donors (Lipinski definition) is 1. The molecule has 2 atom stereocenters. The van der Waals surface area contributed by atoms with Crippen molar-refractivity contribution < 1.29 is 18.8 Å². The number of likely N-dealkylation sites (tertiary alicyclic amines) is 1. The Kier molecular flexibility index (Phi) is 4.57. The van der Waals surface area contributed by atoms with Crippen LogP contribution in [0.2, 0.25) is 0 Å². The number of halogens is 1. The van der Waals surface area contributed by atoms with Crippen LogP contribution in [0.5, 0.6) is 0 Å². The van der Waals surface area contributed by atoms with E-state index in [4.69, 9.17) is 0 Å². The third-order valence-electron chi connectivity index (χ3n) is 6.70. The second-order valence-corrected chi connectivity index (χ2v) is 9.33. The van der Waals surface area contributed by atoms with Gasteiger partial charge in [-0.15, -0.1) is 11.3 Å². The van der Waals surface area contributed by atoms with Gasteiger partial charge in [0.25, 0.3) is 0 Å². The van der Waals surface area contributed by atoms with Crippen molar-refractivity contribution in [2.45, 2.75) is 33.6 Å². The number of carbonyl (C=O) groups is 3. The first-order valence-corrected chi connectivity index (χ1v) is 10.4. The Morgan fingerprint density at radius 2 is 1.97 bits per heavy atom. The molecule has 1 saturated carbocycles. The van der Waals surface area contributed by atoms with E-state index in [9.17, 15) is 18.8 Å². The highest BCUT2D eigenvalue weighted by atomic mass is 32.1. The number of rotatable bonds is 4. The molecule has 1 aromatic heterocycles. The molecular weight excluding hydrogens is 393 g/mol. The fraction of sp³-hybridized carbons (Fsp3) is 0.429. The van der Waals surface area contributed by atoms with Crippen molar-refractivity contribution in [1.29, 1.82) is 0 Å². The first kappa shape index (κ1) is 19.7. The number of fused-ring (bicyclic) bond motifs is 2. The largest absolute Gasteiger partial charge is 0.300 e. The summed E-state index contributed by atoms with van der Waals surface area (Å²) in [6, 6.07) is 5.91. The molecule has 2 bridgehead atoms. The summed E-state index contributed by atoms with van der Waals surface area (Å²) in [5.74, 6) is -1.59. The number of anilines is 1. The van der Waals surface area contributed by atoms with Gasteiger partial charge in [-0.3, -0.25) is 19.3 Å². The van der Waals surface area contributed by atoms with Crippen molar-refractivity contribution >= 4 is 34.2 Å². The predicted octanol–water partition coefficient (Wildman–Crippen LogP) is 3.70. The smallest absolute Gasteiger partial charge is 0.246 e. The average molecular weight is 415 g/mol. The third-order valence-corrected chi connectivity index (χ3v) is 7.46. The molecule has 8 heteroatoms. The van der Waals surface area contributed by atoms with Crippen LogP contribution >= 0.6 is 11.3 Å². The zero-order valence-electron chi connectivity index (χ0n) is 16.5. The number of imide groups is 1. The van der Waals surface area contributed by atoms with Gasteiger partial charge in [-0.2, -0.15) is 0 Å². The lowest BCUT2D eigenvalue weighted by Gasteiger charge is -2.47. The van der Waals surface area contributed by atoms with Crippen LogP contribution < -0.4 is 5.32 Å². The molecule has 4 rings (SSSR count). The molecule has 2 heterocycles. The summed E-state index contributed by atoms with van der Waals surface area (Å²) in [4.78, 5) is 43.8. The van der Waals surface area contributed by atoms with Crippen molar-refractivity contribution in [1.82, 2.24) is 9.88 Å². The Bertz CT molecular complexity index is 1000. The molecule has 1 saturated heterocycles. The minimum atomic E-state index is -0.636. The maximum absolute atomic E-state index is 13.1. The number of aromatic nitrogens is 1. The molecule has 6 nitrogen and oxygen atoms in total. The van der Waals surface area contributed by atoms with Gasteiger partial charge in [-0.05, 0) is 42.5 Å². The molecule has 2 aliphatic rings. The maximum Gasteiger partial charge on any atom is 0.246 e. The molecule has 3 amide bonds. The molecule has 0 spiro atoms. The second kappa shape index (κ2) is 6.73. The van der Waals surface area contributed by atoms with Crippen LogP contribution in [0.15, 0.2) is 29.6 Å². The summed E-state index contributed by atoms with van der Waals surface area (Å²) in [6.45, 7) is 5.50. The molecule has 1 aromatic carbocycles. The molecule has 29 heavy (non-hydrogen) atoms. The Morgan fingerprint density at radius 3 is 2.66 bits per heavy atom. The van der Waals surface area contributed by atoms with E-state index < -0.39 is 16.7 Å². The Morgan fingerprint density at radius 1 is 1.28 bits per heavy atom. The van der Waals surface area contributed by atoms with Crippen molar-refractivity contribution in [2.75, 3.05) is 11.9 Å². The number of nitrogens with one attached hydrogen (secondary N) is 1. The molecule has 2 aromatic rings. The lowest BCUT2D eigenvalue weighted by Crippen LogP contribution is -2.60. The summed E-state index contributed by atoms with van der Waals surface area (Å²) in [5.41, 5.74) is 0.301. The minimum absolute atomic E-state index is 0.247. The van der Waals surface area contributed by atoms with Crippen LogP contribution in [-0.2, 0) is 14.4 Å². The first-order chi connectivity index (χ1) is 13.6. The summed E-state index contributed by atoms with van der Waals surface area (Å²) in [6.07, 6.45) is 1.32. The number of piperidine rings is 1. The molecule has 2 fully saturated rings. The molecule has 1 N–H and O–H groups in total. The van der Waals surface area contributed by atoms with E-state index in [1.54, 1.807) is 17.5 Å². The lowest BCUT2D eigenvalue weighted by molar-refractivity contribution is -0.168. The summed E-state index contributed by atoms with van der Waals surface area (Å²) in [5, 5.41) is 4.78. The van der Waals surface area contributed by atoms with Crippen LogP contribution in [0.1, 0.15) is 33.6 Å². The van der Waals surface area contributed by atoms with Crippen LogP contribution in [0.3, 0.4) is 0 Å². The number of nitrogens with zero attached hydrogens (tertiary/aromatic N) is 2. The molecule has 2 unspecified atom stereocenters. The van der Waals surface area contributed by atoms with E-state index in [1.165, 1.54) is 23.5 Å². The van der Waals surface area contributed by atoms with E-state index in [2.05, 4.69) is 10.3 Å². The fourth-order valence-corrected chi connectivity index (χ4v) is 5.17. The third kappa shape index (κ3) is 3.06. The van der Waals surface area contributed by atoms with Gasteiger partial charge in [-0.1, -0.05) is 20.8 Å². The standard InChI is InChI=1S/C21H22FN3O3S/c1-20(2)14-8-9-21(20,3)18(28)25(17(14)27)10-16(26)24-19-23-15(11-29-19)12-4-6-13(22)7-5-12/h4-7,11,14H,8-10H2,1-3H3,(H,23,24,26). The highest BCUT2D eigenvalue weighted by molar-refractivity contribution is 7.14. The minimum Gasteiger partial charge on any atom is -0.300 e. The SMILES string of the molecule is CC12CCC(C(=O)N(CC(=O)Nc3nc(-c4ccc(F)cc4)cs3)C1=O)C2(C)C. The highest BCUT2D eigenvalue weighted by Gasteiger charge is 2.64. The van der Waals surface area contributed by atoms with Crippen molar-refractivity contribution in [3.8, 4) is 11.3 Å². The van der Waals surface area contributed by atoms with Crippen LogP contribution in [0.25, 0.3) is 11.3 Å². The maximum atomic E-state index is 13.1. The van der Waals surface area contributed by atoms with Gasteiger partial charge in [0, 0.05) is 16.9 Å².